The molecule has 0 unspecified atom stereocenters. The number of rotatable bonds is 52. The van der Waals surface area contributed by atoms with Crippen molar-refractivity contribution in [1.82, 2.24) is 74.4 Å². The molecule has 36 heteroatoms. The van der Waals surface area contributed by atoms with Crippen molar-refractivity contribution in [2.75, 3.05) is 52.4 Å². The third-order valence-corrected chi connectivity index (χ3v) is 16.5. The van der Waals surface area contributed by atoms with E-state index < -0.39 is 165 Å². The van der Waals surface area contributed by atoms with E-state index in [1.165, 1.54) is 0 Å². The monoisotopic (exact) mass is 1730 g/mol. The number of amides is 14. The van der Waals surface area contributed by atoms with Crippen LogP contribution in [0.3, 0.4) is 0 Å². The number of hydrogen-bond acceptors (Lipinski definition) is 22. The molecule has 0 aromatic rings. The van der Waals surface area contributed by atoms with E-state index in [4.69, 9.17) is 37.9 Å². The summed E-state index contributed by atoms with van der Waals surface area (Å²) in [6.07, 6.45) is 4.45. The maximum absolute atomic E-state index is 14.6. The van der Waals surface area contributed by atoms with Crippen LogP contribution in [0.5, 0.6) is 0 Å². The summed E-state index contributed by atoms with van der Waals surface area (Å²) in [4.78, 5) is 188. The van der Waals surface area contributed by atoms with Crippen LogP contribution in [-0.2, 0) is 66.7 Å². The van der Waals surface area contributed by atoms with Gasteiger partial charge in [-0.1, -0.05) is 32.1 Å². The number of carbonyl (C=O) groups is 14. The average molecular weight is 1730 g/mol. The zero-order valence-electron chi connectivity index (χ0n) is 77.8. The highest BCUT2D eigenvalue weighted by molar-refractivity contribution is 5.95. The maximum atomic E-state index is 14.6. The summed E-state index contributed by atoms with van der Waals surface area (Å²) >= 11 is 0. The molecule has 0 fully saturated rings. The standard InChI is InChI=1S/C85H158N14O22/c1-78(2,3)114-70(106)88-52-38-30-44-58(94-66(102)60(46-32-40-54-90-72(108)116-80(7,8)9)96-68(104)62(98-76(112)120-84(19,20)21)48-34-42-56-92-74(110)118-82(13,14)15)64(100)86-50-36-28-26-25-27-29-37-51-87-65(101)59(45-31-39-53-89-71(107)115-79(4,5)6)95-67(103)61(47-33-41-55-91-73(109)117-81(10,11)12)97-69(105)63(99-77(113)121-85(22,23)24)49-35-43-57-93-75(111)119-83(16,17)18/h58-63H,25-57H2,1-24H3,(H,86,100)(H,87,101)(H,88,106)(H,89,107)(H,90,108)(H,91,109)(H,92,110)(H,93,111)(H,94,102)(H,95,103)(H,96,104)(H,97,105)(H,98,112)(H,99,113)/t58-,59-,60-,61-,62-,63-/m0/s1. The van der Waals surface area contributed by atoms with E-state index in [2.05, 4.69) is 74.4 Å². The molecule has 0 aliphatic heterocycles. The highest BCUT2D eigenvalue weighted by Crippen LogP contribution is 2.18. The molecule has 0 bridgehead atoms. The molecule has 14 amide bonds. The Morgan fingerprint density at radius 1 is 0.165 bits per heavy atom. The molecule has 0 aliphatic rings. The van der Waals surface area contributed by atoms with E-state index in [0.717, 1.165) is 32.1 Å². The number of nitrogens with one attached hydrogen (secondary N) is 14. The second kappa shape index (κ2) is 56.6. The van der Waals surface area contributed by atoms with Crippen molar-refractivity contribution < 1.29 is 105 Å². The van der Waals surface area contributed by atoms with Gasteiger partial charge in [0.2, 0.25) is 35.4 Å². The molecule has 700 valence electrons. The van der Waals surface area contributed by atoms with Crippen LogP contribution in [0.1, 0.15) is 327 Å². The van der Waals surface area contributed by atoms with Crippen LogP contribution in [0.4, 0.5) is 38.4 Å². The molecule has 0 rings (SSSR count). The van der Waals surface area contributed by atoms with Gasteiger partial charge in [0.05, 0.1) is 0 Å². The lowest BCUT2D eigenvalue weighted by molar-refractivity contribution is -0.133. The van der Waals surface area contributed by atoms with Crippen LogP contribution >= 0.6 is 0 Å². The zero-order valence-corrected chi connectivity index (χ0v) is 77.8. The van der Waals surface area contributed by atoms with E-state index >= 15 is 0 Å². The van der Waals surface area contributed by atoms with Crippen molar-refractivity contribution in [2.24, 2.45) is 0 Å². The molecule has 0 saturated heterocycles. The lowest BCUT2D eigenvalue weighted by atomic mass is 10.0. The van der Waals surface area contributed by atoms with Crippen LogP contribution in [0.15, 0.2) is 0 Å². The van der Waals surface area contributed by atoms with E-state index in [9.17, 15) is 67.1 Å². The molecule has 0 aliphatic carbocycles. The van der Waals surface area contributed by atoms with E-state index in [-0.39, 0.29) is 90.9 Å². The summed E-state index contributed by atoms with van der Waals surface area (Å²) in [6, 6.07) is -7.10. The van der Waals surface area contributed by atoms with Gasteiger partial charge in [0.15, 0.2) is 0 Å². The Balaban J connectivity index is 6.68. The summed E-state index contributed by atoms with van der Waals surface area (Å²) < 4.78 is 43.2. The first-order valence-electron chi connectivity index (χ1n) is 43.4. The van der Waals surface area contributed by atoms with Crippen molar-refractivity contribution in [3.8, 4) is 0 Å². The minimum Gasteiger partial charge on any atom is -0.444 e. The molecule has 0 heterocycles. The second-order valence-corrected chi connectivity index (χ2v) is 38.2. The Kier molecular flexibility index (Phi) is 52.4. The summed E-state index contributed by atoms with van der Waals surface area (Å²) in [5.74, 6) is -3.76. The van der Waals surface area contributed by atoms with Gasteiger partial charge in [0.1, 0.15) is 81.1 Å². The van der Waals surface area contributed by atoms with Crippen LogP contribution in [0.2, 0.25) is 0 Å². The van der Waals surface area contributed by atoms with Crippen molar-refractivity contribution in [3.05, 3.63) is 0 Å². The summed E-state index contributed by atoms with van der Waals surface area (Å²) in [5.41, 5.74) is -6.26. The molecule has 0 aromatic heterocycles. The van der Waals surface area contributed by atoms with Crippen LogP contribution in [0, 0.1) is 0 Å². The summed E-state index contributed by atoms with van der Waals surface area (Å²) in [6.45, 7) is 42.9. The van der Waals surface area contributed by atoms with Gasteiger partial charge >= 0.3 is 48.7 Å². The lowest BCUT2D eigenvalue weighted by Crippen LogP contribution is -2.57. The minimum atomic E-state index is -1.25. The molecular formula is C85H158N14O22. The molecule has 0 aromatic carbocycles. The first-order chi connectivity index (χ1) is 55.8. The number of alkyl carbamates (subject to hydrolysis) is 8. The first-order valence-corrected chi connectivity index (χ1v) is 43.4. The van der Waals surface area contributed by atoms with Gasteiger partial charge in [0.25, 0.3) is 0 Å². The fourth-order valence-electron chi connectivity index (χ4n) is 11.3. The smallest absolute Gasteiger partial charge is 0.408 e. The maximum Gasteiger partial charge on any atom is 0.408 e. The topological polar surface area (TPSA) is 481 Å². The summed E-state index contributed by atoms with van der Waals surface area (Å²) in [7, 11) is 0. The molecule has 0 radical (unpaired) electrons. The van der Waals surface area contributed by atoms with Gasteiger partial charge in [-0.2, -0.15) is 0 Å². The van der Waals surface area contributed by atoms with Crippen molar-refractivity contribution in [1.29, 1.82) is 0 Å². The predicted molar refractivity (Wildman–Crippen MR) is 461 cm³/mol. The normalized spacial score (nSPS) is 13.5. The minimum absolute atomic E-state index is 0.0474. The van der Waals surface area contributed by atoms with Crippen LogP contribution in [0.25, 0.3) is 0 Å². The molecule has 6 atom stereocenters. The second-order valence-electron chi connectivity index (χ2n) is 38.2. The number of carbonyl (C=O) groups excluding carboxylic acids is 14. The third-order valence-electron chi connectivity index (χ3n) is 16.5. The van der Waals surface area contributed by atoms with Gasteiger partial charge in [-0.25, -0.2) is 38.4 Å². The Morgan fingerprint density at radius 2 is 0.298 bits per heavy atom. The third kappa shape index (κ3) is 66.3. The fourth-order valence-corrected chi connectivity index (χ4v) is 11.3. The molecule has 0 spiro atoms. The highest BCUT2D eigenvalue weighted by Gasteiger charge is 2.34. The summed E-state index contributed by atoms with van der Waals surface area (Å²) in [5, 5.41) is 38.8. The Hall–Kier alpha value is -9.02. The molecule has 121 heavy (non-hydrogen) atoms. The largest absolute Gasteiger partial charge is 0.444 e. The fraction of sp³-hybridized carbons (Fsp3) is 0.835. The SMILES string of the molecule is CC(C)(C)OC(=O)NCCCC[C@H](NC(=O)OC(C)(C)C)C(=O)N[C@@H](CCCCNC(=O)OC(C)(C)C)C(=O)N[C@@H](CCCCNC(=O)OC(C)(C)C)C(=O)NCCCCCCCCCNC(=O)[C@H](CCCCNC(=O)OC(C)(C)C)NC(=O)[C@H](CCCCNC(=O)OC(C)(C)C)NC(=O)[C@H](CCCCNC(=O)OC(C)(C)C)NC(=O)OC(C)(C)C. The average Bonchev–Trinajstić information content (AvgIpc) is 0.867. The van der Waals surface area contributed by atoms with Crippen molar-refractivity contribution in [2.45, 2.75) is 408 Å². The Morgan fingerprint density at radius 3 is 0.471 bits per heavy atom. The predicted octanol–water partition coefficient (Wildman–Crippen LogP) is 11.8. The molecular weight excluding hydrogens is 1570 g/mol. The van der Waals surface area contributed by atoms with Crippen LogP contribution in [-0.4, -0.2) is 218 Å². The lowest BCUT2D eigenvalue weighted by Gasteiger charge is -2.27. The number of hydrogen-bond donors (Lipinski definition) is 14. The van der Waals surface area contributed by atoms with Gasteiger partial charge in [0, 0.05) is 52.4 Å². The zero-order chi connectivity index (χ0) is 92.4. The van der Waals surface area contributed by atoms with Gasteiger partial charge in [-0.05, 0) is 295 Å². The van der Waals surface area contributed by atoms with Gasteiger partial charge in [-0.3, -0.25) is 28.8 Å². The quantitative estimate of drug-likeness (QED) is 0.0199. The van der Waals surface area contributed by atoms with Gasteiger partial charge in [-0.15, -0.1) is 0 Å². The van der Waals surface area contributed by atoms with Crippen molar-refractivity contribution >= 4 is 84.2 Å². The number of unbranched alkanes of at least 4 members (excludes halogenated alkanes) is 12. The Bertz CT molecular complexity index is 2950. The first kappa shape index (κ1) is 112. The Labute approximate surface area is 720 Å². The molecule has 14 N–H and O–H groups in total. The van der Waals surface area contributed by atoms with E-state index in [0.29, 0.717) is 89.9 Å². The number of ether oxygens (including phenoxy) is 8. The molecule has 0 saturated carbocycles. The molecule has 36 nitrogen and oxygen atoms in total. The van der Waals surface area contributed by atoms with Crippen LogP contribution < -0.4 is 74.4 Å². The van der Waals surface area contributed by atoms with E-state index in [1.807, 2.05) is 0 Å². The van der Waals surface area contributed by atoms with E-state index in [1.54, 1.807) is 166 Å². The van der Waals surface area contributed by atoms with Crippen molar-refractivity contribution in [3.63, 3.8) is 0 Å². The highest BCUT2D eigenvalue weighted by atomic mass is 16.6. The van der Waals surface area contributed by atoms with Gasteiger partial charge < -0.3 is 112 Å².